The minimum absolute atomic E-state index is 0.0779. The number of benzene rings is 1. The van der Waals surface area contributed by atoms with E-state index in [9.17, 15) is 4.79 Å². The molecule has 6 nitrogen and oxygen atoms in total. The van der Waals surface area contributed by atoms with E-state index in [2.05, 4.69) is 19.9 Å². The normalized spacial score (nSPS) is 11.0. The van der Waals surface area contributed by atoms with E-state index in [0.717, 1.165) is 16.8 Å². The summed E-state index contributed by atoms with van der Waals surface area (Å²) in [5.74, 6) is -0.0779. The molecule has 22 heavy (non-hydrogen) atoms. The Kier molecular flexibility index (Phi) is 3.54. The van der Waals surface area contributed by atoms with Crippen molar-refractivity contribution in [3.8, 4) is 0 Å². The van der Waals surface area contributed by atoms with Crippen LogP contribution in [-0.2, 0) is 6.42 Å². The number of ketones is 1. The zero-order valence-electron chi connectivity index (χ0n) is 12.1. The molecule has 2 aromatic heterocycles. The molecular formula is C15H13ClN4O2. The third kappa shape index (κ3) is 2.42. The highest BCUT2D eigenvalue weighted by Gasteiger charge is 2.15. The lowest BCUT2D eigenvalue weighted by Gasteiger charge is -2.10. The van der Waals surface area contributed by atoms with E-state index in [-0.39, 0.29) is 5.78 Å². The Morgan fingerprint density at radius 2 is 2.14 bits per heavy atom. The molecule has 0 unspecified atom stereocenters. The average Bonchev–Trinajstić information content (AvgIpc) is 2.93. The van der Waals surface area contributed by atoms with Crippen LogP contribution in [0.5, 0.6) is 0 Å². The van der Waals surface area contributed by atoms with E-state index in [1.807, 2.05) is 13.0 Å². The molecule has 0 aliphatic heterocycles. The lowest BCUT2D eigenvalue weighted by atomic mass is 9.99. The van der Waals surface area contributed by atoms with E-state index in [0.29, 0.717) is 33.9 Å². The summed E-state index contributed by atoms with van der Waals surface area (Å²) < 4.78 is 4.67. The number of carbonyl (C=O) groups excluding carboxylic acids is 1. The average molecular weight is 317 g/mol. The van der Waals surface area contributed by atoms with Gasteiger partial charge in [-0.15, -0.1) is 0 Å². The minimum Gasteiger partial charge on any atom is -0.396 e. The van der Waals surface area contributed by atoms with Crippen LogP contribution < -0.4 is 5.73 Å². The Morgan fingerprint density at radius 1 is 1.36 bits per heavy atom. The van der Waals surface area contributed by atoms with Crippen LogP contribution >= 0.6 is 11.6 Å². The summed E-state index contributed by atoms with van der Waals surface area (Å²) in [6, 6.07) is 5.34. The van der Waals surface area contributed by atoms with Gasteiger partial charge in [-0.2, -0.15) is 0 Å². The first kappa shape index (κ1) is 14.5. The number of rotatable bonds is 3. The van der Waals surface area contributed by atoms with Crippen molar-refractivity contribution < 1.29 is 9.42 Å². The molecule has 0 bridgehead atoms. The number of hydrogen-bond donors (Lipinski definition) is 1. The number of nitrogens with two attached hydrogens (primary N) is 1. The molecule has 7 heteroatoms. The number of pyridine rings is 1. The van der Waals surface area contributed by atoms with Gasteiger partial charge in [0, 0.05) is 23.2 Å². The number of anilines is 1. The van der Waals surface area contributed by atoms with E-state index >= 15 is 0 Å². The molecular weight excluding hydrogens is 304 g/mol. The molecule has 112 valence electrons. The van der Waals surface area contributed by atoms with Gasteiger partial charge in [-0.3, -0.25) is 4.79 Å². The summed E-state index contributed by atoms with van der Waals surface area (Å²) in [6.07, 6.45) is 0.519. The van der Waals surface area contributed by atoms with Gasteiger partial charge < -0.3 is 5.73 Å². The maximum absolute atomic E-state index is 11.6. The van der Waals surface area contributed by atoms with Crippen molar-refractivity contribution in [2.45, 2.75) is 20.3 Å². The Bertz CT molecular complexity index is 889. The summed E-state index contributed by atoms with van der Waals surface area (Å²) in [4.78, 5) is 15.9. The van der Waals surface area contributed by atoms with Crippen molar-refractivity contribution in [1.82, 2.24) is 15.3 Å². The van der Waals surface area contributed by atoms with Gasteiger partial charge in [-0.05, 0) is 41.9 Å². The van der Waals surface area contributed by atoms with Crippen molar-refractivity contribution in [2.24, 2.45) is 0 Å². The SMILES string of the molecule is CC(=O)c1cc(Cc2c(C)nc3nonc3c2N)ccc1Cl. The number of Topliss-reactive ketones (excluding diaryl/α,β-unsaturated/α-hetero) is 1. The molecule has 0 aliphatic rings. The van der Waals surface area contributed by atoms with Crippen molar-refractivity contribution in [1.29, 1.82) is 0 Å². The van der Waals surface area contributed by atoms with Gasteiger partial charge in [0.25, 0.3) is 0 Å². The molecule has 1 aromatic carbocycles. The van der Waals surface area contributed by atoms with Crippen LogP contribution in [0, 0.1) is 6.92 Å². The number of carbonyl (C=O) groups is 1. The topological polar surface area (TPSA) is 94.9 Å². The molecule has 0 aliphatic carbocycles. The molecule has 3 rings (SSSR count). The van der Waals surface area contributed by atoms with Crippen LogP contribution in [-0.4, -0.2) is 21.1 Å². The second-order valence-electron chi connectivity index (χ2n) is 5.07. The van der Waals surface area contributed by atoms with Crippen molar-refractivity contribution in [2.75, 3.05) is 5.73 Å². The van der Waals surface area contributed by atoms with Crippen LogP contribution in [0.15, 0.2) is 22.8 Å². The molecule has 0 saturated heterocycles. The lowest BCUT2D eigenvalue weighted by molar-refractivity contribution is 0.101. The fraction of sp³-hybridized carbons (Fsp3) is 0.200. The Balaban J connectivity index is 2.06. The fourth-order valence-corrected chi connectivity index (χ4v) is 2.62. The molecule has 0 saturated carbocycles. The first-order valence-corrected chi connectivity index (χ1v) is 7.01. The van der Waals surface area contributed by atoms with Gasteiger partial charge >= 0.3 is 0 Å². The summed E-state index contributed by atoms with van der Waals surface area (Å²) in [5.41, 5.74) is 10.5. The Labute approximate surface area is 131 Å². The van der Waals surface area contributed by atoms with Crippen LogP contribution in [0.3, 0.4) is 0 Å². The first-order chi connectivity index (χ1) is 10.5. The smallest absolute Gasteiger partial charge is 0.226 e. The maximum Gasteiger partial charge on any atom is 0.226 e. The lowest BCUT2D eigenvalue weighted by Crippen LogP contribution is -2.03. The standard InChI is InChI=1S/C15H13ClN4O2/c1-7-10(13(17)14-15(18-7)20-22-19-14)5-9-3-4-12(16)11(6-9)8(2)21/h3-4,6H,5,17H2,1-2H3. The van der Waals surface area contributed by atoms with Gasteiger partial charge in [-0.1, -0.05) is 17.7 Å². The first-order valence-electron chi connectivity index (χ1n) is 6.64. The fourth-order valence-electron chi connectivity index (χ4n) is 2.37. The Hall–Kier alpha value is -2.47. The van der Waals surface area contributed by atoms with Crippen molar-refractivity contribution >= 4 is 34.2 Å². The third-order valence-corrected chi connectivity index (χ3v) is 3.88. The monoisotopic (exact) mass is 316 g/mol. The largest absolute Gasteiger partial charge is 0.396 e. The molecule has 0 spiro atoms. The zero-order valence-corrected chi connectivity index (χ0v) is 12.8. The second kappa shape index (κ2) is 5.38. The highest BCUT2D eigenvalue weighted by molar-refractivity contribution is 6.33. The van der Waals surface area contributed by atoms with Crippen LogP contribution in [0.1, 0.15) is 34.1 Å². The van der Waals surface area contributed by atoms with Crippen LogP contribution in [0.2, 0.25) is 5.02 Å². The highest BCUT2D eigenvalue weighted by atomic mass is 35.5. The van der Waals surface area contributed by atoms with Gasteiger partial charge in [0.15, 0.2) is 11.3 Å². The number of nitrogens with zero attached hydrogens (tertiary/aromatic N) is 3. The number of fused-ring (bicyclic) bond motifs is 1. The summed E-state index contributed by atoms with van der Waals surface area (Å²) >= 11 is 6.03. The summed E-state index contributed by atoms with van der Waals surface area (Å²) in [5, 5.41) is 7.91. The molecule has 0 atom stereocenters. The van der Waals surface area contributed by atoms with E-state index < -0.39 is 0 Å². The predicted octanol–water partition coefficient (Wildman–Crippen LogP) is 2.96. The molecule has 2 heterocycles. The Morgan fingerprint density at radius 3 is 2.86 bits per heavy atom. The van der Waals surface area contributed by atoms with Gasteiger partial charge in [0.05, 0.1) is 10.7 Å². The number of nitrogen functional groups attached to an aromatic ring is 1. The highest BCUT2D eigenvalue weighted by Crippen LogP contribution is 2.27. The van der Waals surface area contributed by atoms with E-state index in [4.69, 9.17) is 17.3 Å². The maximum atomic E-state index is 11.6. The van der Waals surface area contributed by atoms with Gasteiger partial charge in [0.2, 0.25) is 5.65 Å². The minimum atomic E-state index is -0.0779. The molecule has 2 N–H and O–H groups in total. The molecule has 0 radical (unpaired) electrons. The second-order valence-corrected chi connectivity index (χ2v) is 5.48. The van der Waals surface area contributed by atoms with E-state index in [1.54, 1.807) is 12.1 Å². The van der Waals surface area contributed by atoms with Gasteiger partial charge in [-0.25, -0.2) is 9.61 Å². The molecule has 3 aromatic rings. The third-order valence-electron chi connectivity index (χ3n) is 3.55. The van der Waals surface area contributed by atoms with Crippen LogP contribution in [0.4, 0.5) is 5.69 Å². The molecule has 0 fully saturated rings. The predicted molar refractivity (Wildman–Crippen MR) is 83.0 cm³/mol. The van der Waals surface area contributed by atoms with Crippen molar-refractivity contribution in [3.63, 3.8) is 0 Å². The number of halogens is 1. The van der Waals surface area contributed by atoms with Crippen LogP contribution in [0.25, 0.3) is 11.2 Å². The zero-order chi connectivity index (χ0) is 15.9. The molecule has 0 amide bonds. The summed E-state index contributed by atoms with van der Waals surface area (Å²) in [6.45, 7) is 3.33. The number of hydrogen-bond acceptors (Lipinski definition) is 6. The van der Waals surface area contributed by atoms with E-state index in [1.165, 1.54) is 6.92 Å². The summed E-state index contributed by atoms with van der Waals surface area (Å²) in [7, 11) is 0. The van der Waals surface area contributed by atoms with Gasteiger partial charge in [0.1, 0.15) is 0 Å². The quantitative estimate of drug-likeness (QED) is 0.746. The number of aromatic nitrogens is 3. The number of aryl methyl sites for hydroxylation is 1. The van der Waals surface area contributed by atoms with Crippen molar-refractivity contribution in [3.05, 3.63) is 45.6 Å².